The van der Waals surface area contributed by atoms with Crippen LogP contribution in [0.3, 0.4) is 0 Å². The standard InChI is InChI=1S/C4H4N2O/c5-4(7)3-1-2-6-3/h1-2H,(H2,5,7). The van der Waals surface area contributed by atoms with E-state index in [9.17, 15) is 4.79 Å². The van der Waals surface area contributed by atoms with Crippen molar-refractivity contribution in [3.63, 3.8) is 0 Å². The summed E-state index contributed by atoms with van der Waals surface area (Å²) < 4.78 is 0. The van der Waals surface area contributed by atoms with Gasteiger partial charge in [-0.1, -0.05) is 0 Å². The van der Waals surface area contributed by atoms with Gasteiger partial charge in [-0.2, -0.15) is 0 Å². The Balaban J connectivity index is 2.60. The molecule has 0 radical (unpaired) electrons. The second-order valence-electron chi connectivity index (χ2n) is 1.19. The molecule has 0 saturated heterocycles. The second-order valence-corrected chi connectivity index (χ2v) is 1.19. The van der Waals surface area contributed by atoms with E-state index in [0.717, 1.165) is 0 Å². The van der Waals surface area contributed by atoms with Crippen molar-refractivity contribution in [3.05, 3.63) is 11.8 Å². The van der Waals surface area contributed by atoms with E-state index in [-0.39, 0.29) is 0 Å². The molecule has 0 fully saturated rings. The molecule has 0 aromatic carbocycles. The number of nitrogens with two attached hydrogens (primary N) is 1. The predicted molar refractivity (Wildman–Crippen MR) is 25.8 cm³/mol. The van der Waals surface area contributed by atoms with E-state index in [1.54, 1.807) is 6.08 Å². The summed E-state index contributed by atoms with van der Waals surface area (Å²) in [5.41, 5.74) is 5.14. The van der Waals surface area contributed by atoms with Crippen LogP contribution in [0.4, 0.5) is 0 Å². The summed E-state index contributed by atoms with van der Waals surface area (Å²) in [5, 5.41) is 0. The Morgan fingerprint density at radius 3 is 2.43 bits per heavy atom. The molecule has 0 aliphatic carbocycles. The molecule has 7 heavy (non-hydrogen) atoms. The highest BCUT2D eigenvalue weighted by Gasteiger charge is 2.03. The third kappa shape index (κ3) is 0.513. The predicted octanol–water partition coefficient (Wildman–Crippen LogP) is -0.560. The lowest BCUT2D eigenvalue weighted by atomic mass is 10.3. The van der Waals surface area contributed by atoms with Gasteiger partial charge in [0.05, 0.1) is 0 Å². The summed E-state index contributed by atoms with van der Waals surface area (Å²) in [4.78, 5) is 13.6. The smallest absolute Gasteiger partial charge is 0.267 e. The Morgan fingerprint density at radius 1 is 1.86 bits per heavy atom. The van der Waals surface area contributed by atoms with Crippen molar-refractivity contribution >= 4 is 12.1 Å². The van der Waals surface area contributed by atoms with Gasteiger partial charge in [-0.05, 0) is 6.08 Å². The fourth-order valence-electron chi connectivity index (χ4n) is 0.295. The Morgan fingerprint density at radius 2 is 2.43 bits per heavy atom. The highest BCUT2D eigenvalue weighted by molar-refractivity contribution is 6.01. The molecule has 0 aromatic heterocycles. The molecule has 0 unspecified atom stereocenters. The number of carbonyl (C=O) groups is 1. The van der Waals surface area contributed by atoms with Crippen LogP contribution < -0.4 is 5.73 Å². The minimum Gasteiger partial charge on any atom is -0.364 e. The number of nitrogens with zero attached hydrogens (tertiary/aromatic N) is 1. The van der Waals surface area contributed by atoms with Crippen molar-refractivity contribution in [2.24, 2.45) is 10.7 Å². The quantitative estimate of drug-likeness (QED) is 0.467. The molecule has 3 nitrogen and oxygen atoms in total. The van der Waals surface area contributed by atoms with Crippen LogP contribution in [-0.2, 0) is 4.79 Å². The van der Waals surface area contributed by atoms with Crippen LogP contribution in [-0.4, -0.2) is 12.1 Å². The van der Waals surface area contributed by atoms with E-state index < -0.39 is 5.91 Å². The lowest BCUT2D eigenvalue weighted by Crippen LogP contribution is -2.15. The molecule has 0 aromatic rings. The highest BCUT2D eigenvalue weighted by Crippen LogP contribution is 1.99. The van der Waals surface area contributed by atoms with Crippen molar-refractivity contribution in [2.45, 2.75) is 0 Å². The van der Waals surface area contributed by atoms with E-state index in [2.05, 4.69) is 4.99 Å². The minimum atomic E-state index is -0.456. The molecule has 36 valence electrons. The van der Waals surface area contributed by atoms with E-state index in [1.165, 1.54) is 6.21 Å². The average molecular weight is 96.1 g/mol. The SMILES string of the molecule is NC(=O)C1=CC=N1. The number of allylic oxidation sites excluding steroid dienone is 1. The zero-order valence-corrected chi connectivity index (χ0v) is 3.59. The van der Waals surface area contributed by atoms with Gasteiger partial charge in [0.15, 0.2) is 0 Å². The molecule has 0 saturated carbocycles. The maximum Gasteiger partial charge on any atom is 0.267 e. The minimum absolute atomic E-state index is 0.361. The lowest BCUT2D eigenvalue weighted by molar-refractivity contribution is -0.114. The Kier molecular flexibility index (Phi) is 0.685. The first-order valence-electron chi connectivity index (χ1n) is 1.85. The van der Waals surface area contributed by atoms with Crippen LogP contribution in [0.15, 0.2) is 16.8 Å². The summed E-state index contributed by atoms with van der Waals surface area (Å²) >= 11 is 0. The van der Waals surface area contributed by atoms with Gasteiger partial charge in [0, 0.05) is 6.21 Å². The number of hydrogen-bond acceptors (Lipinski definition) is 2. The van der Waals surface area contributed by atoms with Gasteiger partial charge in [-0.3, -0.25) is 9.79 Å². The zero-order chi connectivity index (χ0) is 5.28. The summed E-state index contributed by atoms with van der Waals surface area (Å²) in [6.45, 7) is 0. The highest BCUT2D eigenvalue weighted by atomic mass is 16.1. The molecule has 1 heterocycles. The summed E-state index contributed by atoms with van der Waals surface area (Å²) in [5.74, 6) is -0.456. The molecule has 1 aliphatic rings. The molecule has 3 heteroatoms. The number of primary amides is 1. The fraction of sp³-hybridized carbons (Fsp3) is 0. The number of carbonyl (C=O) groups excluding carboxylic acids is 1. The van der Waals surface area contributed by atoms with Crippen LogP contribution >= 0.6 is 0 Å². The summed E-state index contributed by atoms with van der Waals surface area (Å²) in [6.07, 6.45) is 3.10. The summed E-state index contributed by atoms with van der Waals surface area (Å²) in [6, 6.07) is 0. The molecule has 0 bridgehead atoms. The van der Waals surface area contributed by atoms with Crippen LogP contribution in [0.1, 0.15) is 0 Å². The maximum absolute atomic E-state index is 10.0. The number of hydrogen-bond donors (Lipinski definition) is 1. The lowest BCUT2D eigenvalue weighted by Gasteiger charge is -1.97. The van der Waals surface area contributed by atoms with Gasteiger partial charge in [0.1, 0.15) is 5.70 Å². The average Bonchev–Trinajstić information content (AvgIpc) is 1.23. The number of amides is 1. The normalized spacial score (nSPS) is 15.1. The van der Waals surface area contributed by atoms with Crippen molar-refractivity contribution in [2.75, 3.05) is 0 Å². The van der Waals surface area contributed by atoms with Crippen LogP contribution in [0.2, 0.25) is 0 Å². The largest absolute Gasteiger partial charge is 0.364 e. The molecular weight excluding hydrogens is 92.1 g/mol. The van der Waals surface area contributed by atoms with E-state index in [1.807, 2.05) is 0 Å². The third-order valence-corrected chi connectivity index (χ3v) is 0.698. The Bertz CT molecular complexity index is 157. The molecule has 1 aliphatic heterocycles. The van der Waals surface area contributed by atoms with Gasteiger partial charge >= 0.3 is 0 Å². The number of rotatable bonds is 1. The topological polar surface area (TPSA) is 55.5 Å². The van der Waals surface area contributed by atoms with E-state index in [4.69, 9.17) is 5.73 Å². The molecule has 2 N–H and O–H groups in total. The van der Waals surface area contributed by atoms with Crippen molar-refractivity contribution in [1.29, 1.82) is 0 Å². The van der Waals surface area contributed by atoms with Crippen molar-refractivity contribution < 1.29 is 4.79 Å². The molecular formula is C4H4N2O. The van der Waals surface area contributed by atoms with Gasteiger partial charge in [0.25, 0.3) is 5.91 Å². The van der Waals surface area contributed by atoms with Gasteiger partial charge in [-0.25, -0.2) is 0 Å². The van der Waals surface area contributed by atoms with Crippen molar-refractivity contribution in [3.8, 4) is 0 Å². The zero-order valence-electron chi connectivity index (χ0n) is 3.59. The van der Waals surface area contributed by atoms with E-state index >= 15 is 0 Å². The third-order valence-electron chi connectivity index (χ3n) is 0.698. The fourth-order valence-corrected chi connectivity index (χ4v) is 0.295. The Labute approximate surface area is 40.5 Å². The van der Waals surface area contributed by atoms with Gasteiger partial charge in [-0.15, -0.1) is 0 Å². The van der Waals surface area contributed by atoms with Crippen molar-refractivity contribution in [1.82, 2.24) is 0 Å². The Hall–Kier alpha value is -1.12. The monoisotopic (exact) mass is 96.0 g/mol. The molecule has 0 atom stereocenters. The maximum atomic E-state index is 10.0. The summed E-state index contributed by atoms with van der Waals surface area (Å²) in [7, 11) is 0. The number of aliphatic imine (C=N–C) groups is 1. The van der Waals surface area contributed by atoms with E-state index in [0.29, 0.717) is 5.70 Å². The first-order valence-corrected chi connectivity index (χ1v) is 1.85. The van der Waals surface area contributed by atoms with Crippen LogP contribution in [0.25, 0.3) is 0 Å². The molecule has 1 rings (SSSR count). The second kappa shape index (κ2) is 1.18. The van der Waals surface area contributed by atoms with Gasteiger partial charge < -0.3 is 5.73 Å². The molecule has 0 spiro atoms. The van der Waals surface area contributed by atoms with Crippen LogP contribution in [0.5, 0.6) is 0 Å². The van der Waals surface area contributed by atoms with Gasteiger partial charge in [0.2, 0.25) is 0 Å². The first kappa shape index (κ1) is 4.05. The molecule has 1 amide bonds. The first-order chi connectivity index (χ1) is 3.30. The van der Waals surface area contributed by atoms with Crippen LogP contribution in [0, 0.1) is 0 Å².